The van der Waals surface area contributed by atoms with E-state index in [1.165, 1.54) is 19.3 Å². The van der Waals surface area contributed by atoms with Gasteiger partial charge in [-0.3, -0.25) is 9.69 Å². The molecule has 1 heterocycles. The van der Waals surface area contributed by atoms with E-state index in [0.717, 1.165) is 29.9 Å². The second kappa shape index (κ2) is 6.20. The average Bonchev–Trinajstić information content (AvgIpc) is 2.39. The van der Waals surface area contributed by atoms with Crippen LogP contribution >= 0.6 is 0 Å². The van der Waals surface area contributed by atoms with Gasteiger partial charge >= 0.3 is 0 Å². The molecular formula is C16H24N2O. The number of aryl methyl sites for hydroxylation is 1. The Labute approximate surface area is 116 Å². The maximum Gasteiger partial charge on any atom is 0.176 e. The van der Waals surface area contributed by atoms with Crippen molar-refractivity contribution >= 4 is 11.5 Å². The largest absolute Gasteiger partial charge is 0.378 e. The van der Waals surface area contributed by atoms with Gasteiger partial charge in [-0.1, -0.05) is 6.42 Å². The van der Waals surface area contributed by atoms with Crippen molar-refractivity contribution in [1.82, 2.24) is 4.90 Å². The molecule has 19 heavy (non-hydrogen) atoms. The van der Waals surface area contributed by atoms with E-state index in [0.29, 0.717) is 6.54 Å². The molecule has 0 amide bonds. The SMILES string of the molecule is Cc1cc(C(=O)CN2CCCCC2)cc(N(C)C)c1. The van der Waals surface area contributed by atoms with E-state index in [2.05, 4.69) is 11.0 Å². The predicted octanol–water partition coefficient (Wildman–Crippen LogP) is 2.73. The fraction of sp³-hybridized carbons (Fsp3) is 0.562. The summed E-state index contributed by atoms with van der Waals surface area (Å²) in [7, 11) is 4.02. The third-order valence-corrected chi connectivity index (χ3v) is 3.72. The van der Waals surface area contributed by atoms with Gasteiger partial charge in [-0.15, -0.1) is 0 Å². The first kappa shape index (κ1) is 14.1. The number of anilines is 1. The molecule has 1 saturated heterocycles. The van der Waals surface area contributed by atoms with Crippen LogP contribution in [-0.4, -0.2) is 44.4 Å². The number of likely N-dealkylation sites (tertiary alicyclic amines) is 1. The van der Waals surface area contributed by atoms with Gasteiger partial charge < -0.3 is 4.90 Å². The minimum Gasteiger partial charge on any atom is -0.378 e. The maximum absolute atomic E-state index is 12.4. The predicted molar refractivity (Wildman–Crippen MR) is 80.1 cm³/mol. The molecule has 2 rings (SSSR count). The van der Waals surface area contributed by atoms with Crippen molar-refractivity contribution in [1.29, 1.82) is 0 Å². The Morgan fingerprint density at radius 3 is 2.47 bits per heavy atom. The highest BCUT2D eigenvalue weighted by Gasteiger charge is 2.16. The first-order chi connectivity index (χ1) is 9.06. The molecule has 0 spiro atoms. The molecule has 3 nitrogen and oxygen atoms in total. The molecule has 0 aliphatic carbocycles. The highest BCUT2D eigenvalue weighted by Crippen LogP contribution is 2.18. The van der Waals surface area contributed by atoms with Gasteiger partial charge in [0.1, 0.15) is 0 Å². The third-order valence-electron chi connectivity index (χ3n) is 3.72. The van der Waals surface area contributed by atoms with Crippen molar-refractivity contribution in [3.05, 3.63) is 29.3 Å². The van der Waals surface area contributed by atoms with Crippen LogP contribution in [0.15, 0.2) is 18.2 Å². The summed E-state index contributed by atoms with van der Waals surface area (Å²) in [6.45, 7) is 4.75. The summed E-state index contributed by atoms with van der Waals surface area (Å²) in [5, 5.41) is 0. The first-order valence-electron chi connectivity index (χ1n) is 7.11. The molecule has 1 aliphatic rings. The number of hydrogen-bond acceptors (Lipinski definition) is 3. The van der Waals surface area contributed by atoms with Crippen molar-refractivity contribution < 1.29 is 4.79 Å². The Morgan fingerprint density at radius 1 is 1.16 bits per heavy atom. The van der Waals surface area contributed by atoms with Crippen LogP contribution in [0.4, 0.5) is 5.69 Å². The van der Waals surface area contributed by atoms with E-state index >= 15 is 0 Å². The smallest absolute Gasteiger partial charge is 0.176 e. The number of carbonyl (C=O) groups is 1. The fourth-order valence-corrected chi connectivity index (χ4v) is 2.59. The van der Waals surface area contributed by atoms with Gasteiger partial charge in [-0.25, -0.2) is 0 Å². The lowest BCUT2D eigenvalue weighted by atomic mass is 10.0. The number of nitrogens with zero attached hydrogens (tertiary/aromatic N) is 2. The topological polar surface area (TPSA) is 23.6 Å². The molecule has 1 aliphatic heterocycles. The number of ketones is 1. The monoisotopic (exact) mass is 260 g/mol. The molecule has 1 aromatic rings. The van der Waals surface area contributed by atoms with E-state index in [1.807, 2.05) is 38.1 Å². The molecule has 0 radical (unpaired) electrons. The average molecular weight is 260 g/mol. The molecule has 0 saturated carbocycles. The zero-order valence-electron chi connectivity index (χ0n) is 12.3. The van der Waals surface area contributed by atoms with E-state index in [-0.39, 0.29) is 5.78 Å². The highest BCUT2D eigenvalue weighted by molar-refractivity contribution is 5.98. The Morgan fingerprint density at radius 2 is 1.84 bits per heavy atom. The molecule has 0 atom stereocenters. The van der Waals surface area contributed by atoms with Crippen LogP contribution in [0.25, 0.3) is 0 Å². The van der Waals surface area contributed by atoms with E-state index in [9.17, 15) is 4.79 Å². The molecule has 104 valence electrons. The Kier molecular flexibility index (Phi) is 4.59. The third kappa shape index (κ3) is 3.80. The minimum absolute atomic E-state index is 0.244. The van der Waals surface area contributed by atoms with Crippen molar-refractivity contribution in [2.75, 3.05) is 38.6 Å². The van der Waals surface area contributed by atoms with E-state index in [4.69, 9.17) is 0 Å². The Bertz CT molecular complexity index is 448. The molecule has 1 fully saturated rings. The molecule has 3 heteroatoms. The zero-order valence-corrected chi connectivity index (χ0v) is 12.3. The van der Waals surface area contributed by atoms with Crippen LogP contribution in [0, 0.1) is 6.92 Å². The Hall–Kier alpha value is -1.35. The lowest BCUT2D eigenvalue weighted by Crippen LogP contribution is -2.34. The number of carbonyl (C=O) groups excluding carboxylic acids is 1. The highest BCUT2D eigenvalue weighted by atomic mass is 16.1. The summed E-state index contributed by atoms with van der Waals surface area (Å²) in [5.74, 6) is 0.244. The molecular weight excluding hydrogens is 236 g/mol. The van der Waals surface area contributed by atoms with Gasteiger partial charge in [0, 0.05) is 25.3 Å². The second-order valence-corrected chi connectivity index (χ2v) is 5.71. The minimum atomic E-state index is 0.244. The van der Waals surface area contributed by atoms with Crippen molar-refractivity contribution in [3.8, 4) is 0 Å². The number of rotatable bonds is 4. The van der Waals surface area contributed by atoms with Crippen molar-refractivity contribution in [2.24, 2.45) is 0 Å². The summed E-state index contributed by atoms with van der Waals surface area (Å²) in [6.07, 6.45) is 3.76. The summed E-state index contributed by atoms with van der Waals surface area (Å²) in [6, 6.07) is 6.11. The van der Waals surface area contributed by atoms with Crippen LogP contribution in [0.5, 0.6) is 0 Å². The summed E-state index contributed by atoms with van der Waals surface area (Å²) >= 11 is 0. The normalized spacial score (nSPS) is 16.4. The van der Waals surface area contributed by atoms with Crippen molar-refractivity contribution in [2.45, 2.75) is 26.2 Å². The number of Topliss-reactive ketones (excluding diaryl/α,β-unsaturated/α-hetero) is 1. The van der Waals surface area contributed by atoms with E-state index < -0.39 is 0 Å². The van der Waals surface area contributed by atoms with Crippen molar-refractivity contribution in [3.63, 3.8) is 0 Å². The standard InChI is InChI=1S/C16H24N2O/c1-13-9-14(11-15(10-13)17(2)3)16(19)12-18-7-5-4-6-8-18/h9-11H,4-8,12H2,1-3H3. The van der Waals surface area contributed by atoms with Gasteiger partial charge in [0.05, 0.1) is 6.54 Å². The van der Waals surface area contributed by atoms with Gasteiger partial charge in [0.15, 0.2) is 5.78 Å². The van der Waals surface area contributed by atoms with Crippen LogP contribution in [0.3, 0.4) is 0 Å². The second-order valence-electron chi connectivity index (χ2n) is 5.71. The lowest BCUT2D eigenvalue weighted by molar-refractivity contribution is 0.0915. The molecule has 0 aromatic heterocycles. The maximum atomic E-state index is 12.4. The summed E-state index contributed by atoms with van der Waals surface area (Å²) < 4.78 is 0. The van der Waals surface area contributed by atoms with Gasteiger partial charge in [-0.05, 0) is 56.6 Å². The quantitative estimate of drug-likeness (QED) is 0.778. The van der Waals surface area contributed by atoms with Crippen LogP contribution in [0.1, 0.15) is 35.2 Å². The molecule has 0 N–H and O–H groups in total. The van der Waals surface area contributed by atoms with Gasteiger partial charge in [-0.2, -0.15) is 0 Å². The first-order valence-corrected chi connectivity index (χ1v) is 7.11. The number of piperidine rings is 1. The van der Waals surface area contributed by atoms with Crippen LogP contribution < -0.4 is 4.90 Å². The molecule has 0 bridgehead atoms. The van der Waals surface area contributed by atoms with Crippen LogP contribution in [-0.2, 0) is 0 Å². The summed E-state index contributed by atoms with van der Waals surface area (Å²) in [4.78, 5) is 16.7. The zero-order chi connectivity index (χ0) is 13.8. The van der Waals surface area contributed by atoms with Gasteiger partial charge in [0.2, 0.25) is 0 Å². The van der Waals surface area contributed by atoms with E-state index in [1.54, 1.807) is 0 Å². The number of hydrogen-bond donors (Lipinski definition) is 0. The Balaban J connectivity index is 2.09. The lowest BCUT2D eigenvalue weighted by Gasteiger charge is -2.25. The number of benzene rings is 1. The summed E-state index contributed by atoms with van der Waals surface area (Å²) in [5.41, 5.74) is 3.09. The van der Waals surface area contributed by atoms with Crippen LogP contribution in [0.2, 0.25) is 0 Å². The molecule has 1 aromatic carbocycles. The van der Waals surface area contributed by atoms with Gasteiger partial charge in [0.25, 0.3) is 0 Å². The fourth-order valence-electron chi connectivity index (χ4n) is 2.59. The molecule has 0 unspecified atom stereocenters.